The molecule has 0 bridgehead atoms. The van der Waals surface area contributed by atoms with Gasteiger partial charge in [-0.3, -0.25) is 14.5 Å². The molecule has 1 fully saturated rings. The topological polar surface area (TPSA) is 68.9 Å². The second-order valence-electron chi connectivity index (χ2n) is 8.72. The molecule has 2 aliphatic heterocycles. The molecule has 2 amide bonds. The Morgan fingerprint density at radius 2 is 1.68 bits per heavy atom. The number of ether oxygens (including phenoxy) is 1. The van der Waals surface area contributed by atoms with Crippen LogP contribution < -0.4 is 4.74 Å². The number of fused-ring (bicyclic) bond motifs is 1. The molecule has 176 valence electrons. The van der Waals surface area contributed by atoms with Gasteiger partial charge >= 0.3 is 0 Å². The quantitative estimate of drug-likeness (QED) is 0.551. The third-order valence-electron chi connectivity index (χ3n) is 6.94. The number of hydrogen-bond donors (Lipinski definition) is 1. The summed E-state index contributed by atoms with van der Waals surface area (Å²) in [4.78, 5) is 36.6. The number of para-hydroxylation sites is 2. The Morgan fingerprint density at radius 1 is 0.941 bits per heavy atom. The lowest BCUT2D eigenvalue weighted by atomic mass is 10.0. The number of benzene rings is 2. The molecule has 0 atom stereocenters. The number of carbonyl (C=O) groups excluding carboxylic acids is 2. The molecule has 2 aliphatic rings. The van der Waals surface area contributed by atoms with Gasteiger partial charge in [-0.05, 0) is 30.7 Å². The minimum Gasteiger partial charge on any atom is -0.496 e. The maximum Gasteiger partial charge on any atom is 0.277 e. The molecule has 1 saturated heterocycles. The van der Waals surface area contributed by atoms with Crippen LogP contribution in [0.2, 0.25) is 0 Å². The summed E-state index contributed by atoms with van der Waals surface area (Å²) in [5, 5.41) is 1.12. The van der Waals surface area contributed by atoms with Crippen molar-refractivity contribution in [2.45, 2.75) is 13.3 Å². The van der Waals surface area contributed by atoms with E-state index in [9.17, 15) is 9.59 Å². The van der Waals surface area contributed by atoms with Crippen molar-refractivity contribution in [3.63, 3.8) is 0 Å². The van der Waals surface area contributed by atoms with Crippen LogP contribution in [0.5, 0.6) is 5.75 Å². The van der Waals surface area contributed by atoms with Crippen LogP contribution in [0.15, 0.2) is 60.4 Å². The highest BCUT2D eigenvalue weighted by Crippen LogP contribution is 2.36. The Morgan fingerprint density at radius 3 is 2.44 bits per heavy atom. The van der Waals surface area contributed by atoms with E-state index in [1.807, 2.05) is 48.7 Å². The summed E-state index contributed by atoms with van der Waals surface area (Å²) in [6, 6.07) is 15.5. The van der Waals surface area contributed by atoms with Crippen molar-refractivity contribution in [2.75, 3.05) is 46.4 Å². The van der Waals surface area contributed by atoms with Gasteiger partial charge in [-0.15, -0.1) is 0 Å². The molecule has 1 N–H and O–H groups in total. The number of aromatic nitrogens is 1. The first-order valence-corrected chi connectivity index (χ1v) is 11.9. The number of nitrogens with one attached hydrogen (secondary N) is 1. The van der Waals surface area contributed by atoms with Crippen molar-refractivity contribution in [3.05, 3.63) is 71.6 Å². The highest BCUT2D eigenvalue weighted by Gasteiger charge is 2.42. The molecule has 0 aliphatic carbocycles. The molecule has 0 unspecified atom stereocenters. The molecule has 0 saturated carbocycles. The first-order valence-electron chi connectivity index (χ1n) is 11.9. The van der Waals surface area contributed by atoms with Gasteiger partial charge in [-0.1, -0.05) is 43.3 Å². The molecular formula is C27H30N4O3. The van der Waals surface area contributed by atoms with E-state index in [2.05, 4.69) is 27.8 Å². The number of likely N-dealkylation sites (N-methyl/N-ethyl adjacent to an activating group) is 1. The summed E-state index contributed by atoms with van der Waals surface area (Å²) in [6.45, 7) is 6.64. The fourth-order valence-electron chi connectivity index (χ4n) is 5.01. The summed E-state index contributed by atoms with van der Waals surface area (Å²) >= 11 is 0. The molecule has 3 aromatic rings. The van der Waals surface area contributed by atoms with E-state index in [1.165, 1.54) is 4.90 Å². The van der Waals surface area contributed by atoms with Gasteiger partial charge < -0.3 is 19.5 Å². The number of hydrogen-bond acceptors (Lipinski definition) is 5. The van der Waals surface area contributed by atoms with Gasteiger partial charge in [0, 0.05) is 55.4 Å². The van der Waals surface area contributed by atoms with Crippen molar-refractivity contribution in [1.82, 2.24) is 19.7 Å². The van der Waals surface area contributed by atoms with Crippen molar-refractivity contribution >= 4 is 28.3 Å². The fourth-order valence-corrected chi connectivity index (χ4v) is 5.01. The Labute approximate surface area is 199 Å². The fraction of sp³-hybridized carbons (Fsp3) is 0.333. The lowest BCUT2D eigenvalue weighted by molar-refractivity contribution is -0.137. The van der Waals surface area contributed by atoms with Crippen LogP contribution in [-0.2, 0) is 16.0 Å². The summed E-state index contributed by atoms with van der Waals surface area (Å²) in [5.74, 6) is 0.139. The van der Waals surface area contributed by atoms with Crippen molar-refractivity contribution < 1.29 is 14.3 Å². The van der Waals surface area contributed by atoms with Gasteiger partial charge in [0.2, 0.25) is 0 Å². The van der Waals surface area contributed by atoms with Crippen LogP contribution in [0, 0.1) is 0 Å². The zero-order valence-corrected chi connectivity index (χ0v) is 19.7. The highest BCUT2D eigenvalue weighted by molar-refractivity contribution is 6.36. The smallest absolute Gasteiger partial charge is 0.277 e. The van der Waals surface area contributed by atoms with Gasteiger partial charge in [0.1, 0.15) is 11.4 Å². The third-order valence-corrected chi connectivity index (χ3v) is 6.94. The molecule has 7 heteroatoms. The first-order chi connectivity index (χ1) is 16.6. The van der Waals surface area contributed by atoms with Crippen molar-refractivity contribution in [3.8, 4) is 5.75 Å². The predicted octanol–water partition coefficient (Wildman–Crippen LogP) is 3.14. The van der Waals surface area contributed by atoms with Crippen LogP contribution >= 0.6 is 0 Å². The molecule has 1 aromatic heterocycles. The molecule has 0 spiro atoms. The Balaban J connectivity index is 1.47. The lowest BCUT2D eigenvalue weighted by Gasteiger charge is -2.36. The standard InChI is InChI=1S/C27H30N4O3/c1-3-29-14-16-30(17-15-29)25-24(21-9-5-7-11-23(21)34-2)26(32)31(27(25)33)13-12-19-18-28-22-10-6-4-8-20(19)22/h4-11,18,28H,3,12-17H2,1-2H3. The lowest BCUT2D eigenvalue weighted by Crippen LogP contribution is -2.47. The third kappa shape index (κ3) is 3.86. The van der Waals surface area contributed by atoms with Crippen LogP contribution in [0.4, 0.5) is 0 Å². The Hall–Kier alpha value is -3.58. The highest BCUT2D eigenvalue weighted by atomic mass is 16.5. The number of nitrogens with zero attached hydrogens (tertiary/aromatic N) is 3. The second kappa shape index (κ2) is 9.35. The van der Waals surface area contributed by atoms with Gasteiger partial charge in [0.25, 0.3) is 11.8 Å². The SMILES string of the molecule is CCN1CCN(C2=C(c3ccccc3OC)C(=O)N(CCc3c[nH]c4ccccc34)C2=O)CC1. The normalized spacial score (nSPS) is 17.4. The van der Waals surface area contributed by atoms with E-state index in [0.717, 1.165) is 49.2 Å². The van der Waals surface area contributed by atoms with E-state index in [1.54, 1.807) is 7.11 Å². The number of methoxy groups -OCH3 is 1. The van der Waals surface area contributed by atoms with Crippen LogP contribution in [-0.4, -0.2) is 77.9 Å². The van der Waals surface area contributed by atoms with Crippen molar-refractivity contribution in [2.24, 2.45) is 0 Å². The Bertz CT molecular complexity index is 1250. The average molecular weight is 459 g/mol. The number of imide groups is 1. The van der Waals surface area contributed by atoms with Gasteiger partial charge in [-0.2, -0.15) is 0 Å². The van der Waals surface area contributed by atoms with E-state index in [4.69, 9.17) is 4.74 Å². The summed E-state index contributed by atoms with van der Waals surface area (Å²) in [5.41, 5.74) is 3.78. The molecule has 34 heavy (non-hydrogen) atoms. The molecule has 7 nitrogen and oxygen atoms in total. The molecule has 2 aromatic carbocycles. The molecule has 3 heterocycles. The molecular weight excluding hydrogens is 428 g/mol. The first kappa shape index (κ1) is 22.2. The maximum absolute atomic E-state index is 13.7. The van der Waals surface area contributed by atoms with E-state index in [-0.39, 0.29) is 11.8 Å². The van der Waals surface area contributed by atoms with Crippen LogP contribution in [0.3, 0.4) is 0 Å². The van der Waals surface area contributed by atoms with E-state index >= 15 is 0 Å². The van der Waals surface area contributed by atoms with Crippen LogP contribution in [0.25, 0.3) is 16.5 Å². The zero-order valence-electron chi connectivity index (χ0n) is 19.7. The number of rotatable bonds is 7. The summed E-state index contributed by atoms with van der Waals surface area (Å²) in [6.07, 6.45) is 2.56. The molecule has 0 radical (unpaired) electrons. The minimum atomic E-state index is -0.248. The maximum atomic E-state index is 13.7. The number of aromatic amines is 1. The van der Waals surface area contributed by atoms with Crippen molar-refractivity contribution in [1.29, 1.82) is 0 Å². The van der Waals surface area contributed by atoms with E-state index < -0.39 is 0 Å². The van der Waals surface area contributed by atoms with E-state index in [0.29, 0.717) is 35.5 Å². The number of H-pyrrole nitrogens is 1. The Kier molecular flexibility index (Phi) is 6.11. The largest absolute Gasteiger partial charge is 0.496 e. The predicted molar refractivity (Wildman–Crippen MR) is 132 cm³/mol. The second-order valence-corrected chi connectivity index (χ2v) is 8.72. The minimum absolute atomic E-state index is 0.212. The molecule has 5 rings (SSSR count). The summed E-state index contributed by atoms with van der Waals surface area (Å²) < 4.78 is 5.57. The monoisotopic (exact) mass is 458 g/mol. The van der Waals surface area contributed by atoms with Crippen LogP contribution in [0.1, 0.15) is 18.1 Å². The average Bonchev–Trinajstić information content (AvgIpc) is 3.40. The number of piperazine rings is 1. The van der Waals surface area contributed by atoms with Gasteiger partial charge in [0.15, 0.2) is 0 Å². The number of carbonyl (C=O) groups is 2. The number of amides is 2. The summed E-state index contributed by atoms with van der Waals surface area (Å²) in [7, 11) is 1.59. The zero-order chi connectivity index (χ0) is 23.7. The van der Waals surface area contributed by atoms with Gasteiger partial charge in [0.05, 0.1) is 12.7 Å². The van der Waals surface area contributed by atoms with Gasteiger partial charge in [-0.25, -0.2) is 0 Å².